The van der Waals surface area contributed by atoms with Crippen LogP contribution in [0.15, 0.2) is 76.7 Å². The van der Waals surface area contributed by atoms with Gasteiger partial charge in [0.2, 0.25) is 0 Å². The molecule has 0 aliphatic carbocycles. The summed E-state index contributed by atoms with van der Waals surface area (Å²) in [6, 6.07) is 22.7. The smallest absolute Gasteiger partial charge is 0.162 e. The van der Waals surface area contributed by atoms with Crippen molar-refractivity contribution in [1.82, 2.24) is 14.9 Å². The molecule has 4 rings (SSSR count). The maximum atomic E-state index is 4.88. The van der Waals surface area contributed by atoms with Crippen LogP contribution in [0.1, 0.15) is 0 Å². The molecule has 0 radical (unpaired) electrons. The molecule has 132 valence electrons. The number of aromatic nitrogens is 2. The molecule has 0 atom stereocenters. The van der Waals surface area contributed by atoms with E-state index in [-0.39, 0.29) is 0 Å². The Labute approximate surface area is 158 Å². The average Bonchev–Trinajstić information content (AvgIpc) is 2.70. The minimum absolute atomic E-state index is 0.792. The Kier molecular flexibility index (Phi) is 5.18. The van der Waals surface area contributed by atoms with Crippen LogP contribution in [0.2, 0.25) is 0 Å². The number of likely N-dealkylation sites (N-methyl/N-ethyl adjacent to an activating group) is 1. The van der Waals surface area contributed by atoms with E-state index in [1.165, 1.54) is 4.90 Å². The first-order chi connectivity index (χ1) is 12.8. The van der Waals surface area contributed by atoms with E-state index >= 15 is 0 Å². The lowest BCUT2D eigenvalue weighted by Crippen LogP contribution is -2.44. The molecule has 0 bridgehead atoms. The van der Waals surface area contributed by atoms with Gasteiger partial charge in [0.1, 0.15) is 10.8 Å². The van der Waals surface area contributed by atoms with Gasteiger partial charge in [-0.1, -0.05) is 60.3 Å². The van der Waals surface area contributed by atoms with E-state index in [9.17, 15) is 0 Å². The van der Waals surface area contributed by atoms with Gasteiger partial charge in [-0.3, -0.25) is 0 Å². The largest absolute Gasteiger partial charge is 0.354 e. The summed E-state index contributed by atoms with van der Waals surface area (Å²) in [5, 5.41) is 0.985. The van der Waals surface area contributed by atoms with Crippen LogP contribution < -0.4 is 4.90 Å². The van der Waals surface area contributed by atoms with Gasteiger partial charge in [0.05, 0.1) is 0 Å². The van der Waals surface area contributed by atoms with Crippen LogP contribution in [0.5, 0.6) is 0 Å². The Morgan fingerprint density at radius 1 is 0.808 bits per heavy atom. The van der Waals surface area contributed by atoms with Crippen LogP contribution in [-0.2, 0) is 0 Å². The number of nitrogens with zero attached hydrogens (tertiary/aromatic N) is 4. The molecule has 0 N–H and O–H groups in total. The summed E-state index contributed by atoms with van der Waals surface area (Å²) in [4.78, 5) is 15.6. The Morgan fingerprint density at radius 3 is 2.15 bits per heavy atom. The normalized spacial score (nSPS) is 15.2. The SMILES string of the molecule is CN1CCN(c2cc(Sc3ccccc3)nc(-c3ccccc3)n2)CC1. The first-order valence-corrected chi connectivity index (χ1v) is 9.70. The van der Waals surface area contributed by atoms with Crippen molar-refractivity contribution < 1.29 is 0 Å². The van der Waals surface area contributed by atoms with Crippen molar-refractivity contribution >= 4 is 17.6 Å². The first-order valence-electron chi connectivity index (χ1n) is 8.89. The van der Waals surface area contributed by atoms with Gasteiger partial charge >= 0.3 is 0 Å². The van der Waals surface area contributed by atoms with Gasteiger partial charge in [-0.25, -0.2) is 9.97 Å². The van der Waals surface area contributed by atoms with E-state index in [0.29, 0.717) is 0 Å². The van der Waals surface area contributed by atoms with Crippen LogP contribution >= 0.6 is 11.8 Å². The van der Waals surface area contributed by atoms with Gasteiger partial charge < -0.3 is 9.80 Å². The monoisotopic (exact) mass is 362 g/mol. The fraction of sp³-hybridized carbons (Fsp3) is 0.238. The van der Waals surface area contributed by atoms with Crippen molar-refractivity contribution in [2.24, 2.45) is 0 Å². The van der Waals surface area contributed by atoms with Crippen molar-refractivity contribution in [3.8, 4) is 11.4 Å². The molecule has 1 aliphatic rings. The molecule has 5 heteroatoms. The molecular weight excluding hydrogens is 340 g/mol. The first kappa shape index (κ1) is 17.1. The molecule has 3 aromatic rings. The zero-order chi connectivity index (χ0) is 17.8. The zero-order valence-electron chi connectivity index (χ0n) is 14.9. The number of benzene rings is 2. The van der Waals surface area contributed by atoms with Crippen LogP contribution in [0, 0.1) is 0 Å². The molecular formula is C21H22N4S. The highest BCUT2D eigenvalue weighted by molar-refractivity contribution is 7.99. The minimum atomic E-state index is 0.792. The fourth-order valence-corrected chi connectivity index (χ4v) is 3.82. The molecule has 2 heterocycles. The molecule has 1 aliphatic heterocycles. The quantitative estimate of drug-likeness (QED) is 0.654. The average molecular weight is 363 g/mol. The summed E-state index contributed by atoms with van der Waals surface area (Å²) in [6.07, 6.45) is 0. The lowest BCUT2D eigenvalue weighted by Gasteiger charge is -2.33. The predicted octanol–water partition coefficient (Wildman–Crippen LogP) is 4.05. The highest BCUT2D eigenvalue weighted by Gasteiger charge is 2.18. The number of hydrogen-bond acceptors (Lipinski definition) is 5. The Balaban J connectivity index is 1.69. The van der Waals surface area contributed by atoms with Gasteiger partial charge in [0.15, 0.2) is 5.82 Å². The zero-order valence-corrected chi connectivity index (χ0v) is 15.7. The molecule has 0 unspecified atom stereocenters. The third kappa shape index (κ3) is 4.06. The summed E-state index contributed by atoms with van der Waals surface area (Å²) < 4.78 is 0. The van der Waals surface area contributed by atoms with E-state index in [1.54, 1.807) is 11.8 Å². The fourth-order valence-electron chi connectivity index (χ4n) is 2.99. The van der Waals surface area contributed by atoms with E-state index in [0.717, 1.165) is 48.4 Å². The Hall–Kier alpha value is -2.37. The molecule has 4 nitrogen and oxygen atoms in total. The summed E-state index contributed by atoms with van der Waals surface area (Å²) in [6.45, 7) is 4.12. The lowest BCUT2D eigenvalue weighted by atomic mass is 10.2. The third-order valence-corrected chi connectivity index (χ3v) is 5.44. The van der Waals surface area contributed by atoms with Crippen LogP contribution in [-0.4, -0.2) is 48.1 Å². The standard InChI is InChI=1S/C21H22N4S/c1-24-12-14-25(15-13-24)19-16-20(26-18-10-6-3-7-11-18)23-21(22-19)17-8-4-2-5-9-17/h2-11,16H,12-15H2,1H3. The molecule has 1 aromatic heterocycles. The van der Waals surface area contributed by atoms with E-state index in [1.807, 2.05) is 24.3 Å². The van der Waals surface area contributed by atoms with Gasteiger partial charge in [-0.05, 0) is 19.2 Å². The predicted molar refractivity (Wildman–Crippen MR) is 108 cm³/mol. The third-order valence-electron chi connectivity index (χ3n) is 4.51. The topological polar surface area (TPSA) is 32.3 Å². The molecule has 2 aromatic carbocycles. The molecule has 0 spiro atoms. The van der Waals surface area contributed by atoms with Crippen molar-refractivity contribution in [2.75, 3.05) is 38.1 Å². The van der Waals surface area contributed by atoms with E-state index in [2.05, 4.69) is 59.3 Å². The summed E-state index contributed by atoms with van der Waals surface area (Å²) in [7, 11) is 2.17. The number of rotatable bonds is 4. The second-order valence-electron chi connectivity index (χ2n) is 6.46. The minimum Gasteiger partial charge on any atom is -0.354 e. The van der Waals surface area contributed by atoms with Crippen molar-refractivity contribution in [3.63, 3.8) is 0 Å². The highest BCUT2D eigenvalue weighted by atomic mass is 32.2. The maximum absolute atomic E-state index is 4.88. The summed E-state index contributed by atoms with van der Waals surface area (Å²) in [5.41, 5.74) is 1.05. The molecule has 0 saturated carbocycles. The van der Waals surface area contributed by atoms with Gasteiger partial charge in [-0.2, -0.15) is 0 Å². The number of hydrogen-bond donors (Lipinski definition) is 0. The van der Waals surface area contributed by atoms with Crippen molar-refractivity contribution in [3.05, 3.63) is 66.7 Å². The molecule has 26 heavy (non-hydrogen) atoms. The van der Waals surface area contributed by atoms with Crippen molar-refractivity contribution in [1.29, 1.82) is 0 Å². The van der Waals surface area contributed by atoms with Gasteiger partial charge in [0.25, 0.3) is 0 Å². The van der Waals surface area contributed by atoms with Gasteiger partial charge in [0, 0.05) is 42.7 Å². The Bertz CT molecular complexity index is 846. The second-order valence-corrected chi connectivity index (χ2v) is 7.55. The van der Waals surface area contributed by atoms with Crippen LogP contribution in [0.3, 0.4) is 0 Å². The second kappa shape index (κ2) is 7.89. The Morgan fingerprint density at radius 2 is 1.46 bits per heavy atom. The van der Waals surface area contributed by atoms with Gasteiger partial charge in [-0.15, -0.1) is 0 Å². The van der Waals surface area contributed by atoms with Crippen molar-refractivity contribution in [2.45, 2.75) is 9.92 Å². The maximum Gasteiger partial charge on any atom is 0.162 e. The number of anilines is 1. The van der Waals surface area contributed by atoms with E-state index in [4.69, 9.17) is 9.97 Å². The number of piperazine rings is 1. The highest BCUT2D eigenvalue weighted by Crippen LogP contribution is 2.30. The van der Waals surface area contributed by atoms with Crippen LogP contribution in [0.4, 0.5) is 5.82 Å². The molecule has 1 saturated heterocycles. The summed E-state index contributed by atoms with van der Waals surface area (Å²) >= 11 is 1.69. The van der Waals surface area contributed by atoms with Crippen LogP contribution in [0.25, 0.3) is 11.4 Å². The van der Waals surface area contributed by atoms with E-state index < -0.39 is 0 Å². The summed E-state index contributed by atoms with van der Waals surface area (Å²) in [5.74, 6) is 1.81. The lowest BCUT2D eigenvalue weighted by molar-refractivity contribution is 0.312. The molecule has 0 amide bonds. The molecule has 1 fully saturated rings.